The first kappa shape index (κ1) is 21.9. The Morgan fingerprint density at radius 3 is 2.09 bits per heavy atom. The maximum atomic E-state index is 13.3. The number of nitrogens with zero attached hydrogens (tertiary/aromatic N) is 5. The van der Waals surface area contributed by atoms with Gasteiger partial charge in [0.05, 0.1) is 5.69 Å². The molecule has 0 aliphatic carbocycles. The summed E-state index contributed by atoms with van der Waals surface area (Å²) < 4.78 is 7.56. The van der Waals surface area contributed by atoms with Crippen LogP contribution in [0, 0.1) is 0 Å². The fourth-order valence-corrected chi connectivity index (χ4v) is 4.05. The van der Waals surface area contributed by atoms with Gasteiger partial charge >= 0.3 is 0 Å². The lowest BCUT2D eigenvalue weighted by Crippen LogP contribution is -2.49. The number of carbonyl (C=O) groups is 1. The first-order valence-corrected chi connectivity index (χ1v) is 11.6. The van der Waals surface area contributed by atoms with E-state index in [1.165, 1.54) is 0 Å². The van der Waals surface area contributed by atoms with Gasteiger partial charge in [0, 0.05) is 38.3 Å². The minimum absolute atomic E-state index is 0.132. The summed E-state index contributed by atoms with van der Waals surface area (Å²) in [7, 11) is 0. The van der Waals surface area contributed by atoms with Crippen LogP contribution in [0.3, 0.4) is 0 Å². The van der Waals surface area contributed by atoms with Crippen LogP contribution < -0.4 is 4.74 Å². The number of para-hydroxylation sites is 2. The van der Waals surface area contributed by atoms with Crippen LogP contribution in [-0.4, -0.2) is 69.8 Å². The molecule has 0 N–H and O–H groups in total. The van der Waals surface area contributed by atoms with Gasteiger partial charge < -0.3 is 9.64 Å². The van der Waals surface area contributed by atoms with Crippen LogP contribution in [0.5, 0.6) is 5.75 Å². The smallest absolute Gasteiger partial charge is 0.293 e. The van der Waals surface area contributed by atoms with Crippen LogP contribution in [0.1, 0.15) is 10.6 Å². The van der Waals surface area contributed by atoms with Crippen molar-refractivity contribution in [2.45, 2.75) is 0 Å². The molecule has 0 bridgehead atoms. The number of benzene rings is 3. The van der Waals surface area contributed by atoms with Crippen molar-refractivity contribution in [3.8, 4) is 22.8 Å². The monoisotopic (exact) mass is 453 g/mol. The van der Waals surface area contributed by atoms with Crippen molar-refractivity contribution in [2.24, 2.45) is 0 Å². The maximum Gasteiger partial charge on any atom is 0.293 e. The van der Waals surface area contributed by atoms with Gasteiger partial charge in [0.25, 0.3) is 5.91 Å². The SMILES string of the molecule is O=C(c1nc(-c2ccccc2)n(-c2ccccc2)n1)N1CCN(CCOc2ccccc2)CC1. The van der Waals surface area contributed by atoms with Crippen molar-refractivity contribution in [1.82, 2.24) is 24.6 Å². The number of amides is 1. The molecule has 0 saturated carbocycles. The van der Waals surface area contributed by atoms with E-state index in [1.54, 1.807) is 4.68 Å². The summed E-state index contributed by atoms with van der Waals surface area (Å²) in [6.07, 6.45) is 0. The fraction of sp³-hybridized carbons (Fsp3) is 0.222. The molecule has 1 amide bonds. The molecule has 3 aromatic carbocycles. The highest BCUT2D eigenvalue weighted by molar-refractivity contribution is 5.91. The van der Waals surface area contributed by atoms with Crippen LogP contribution in [0.25, 0.3) is 17.1 Å². The molecule has 4 aromatic rings. The predicted octanol–water partition coefficient (Wildman–Crippen LogP) is 3.77. The molecule has 0 spiro atoms. The predicted molar refractivity (Wildman–Crippen MR) is 131 cm³/mol. The third-order valence-corrected chi connectivity index (χ3v) is 5.91. The van der Waals surface area contributed by atoms with E-state index in [-0.39, 0.29) is 11.7 Å². The molecule has 7 heteroatoms. The molecular weight excluding hydrogens is 426 g/mol. The van der Waals surface area contributed by atoms with E-state index in [0.29, 0.717) is 25.5 Å². The summed E-state index contributed by atoms with van der Waals surface area (Å²) in [5.74, 6) is 1.63. The summed E-state index contributed by atoms with van der Waals surface area (Å²) in [6.45, 7) is 4.34. The summed E-state index contributed by atoms with van der Waals surface area (Å²) in [5, 5.41) is 4.61. The van der Waals surface area contributed by atoms with Crippen molar-refractivity contribution >= 4 is 5.91 Å². The van der Waals surface area contributed by atoms with Gasteiger partial charge in [0.2, 0.25) is 5.82 Å². The van der Waals surface area contributed by atoms with Gasteiger partial charge in [-0.15, -0.1) is 5.10 Å². The summed E-state index contributed by atoms with van der Waals surface area (Å²) >= 11 is 0. The van der Waals surface area contributed by atoms with E-state index in [1.807, 2.05) is 95.9 Å². The Labute approximate surface area is 199 Å². The summed E-state index contributed by atoms with van der Waals surface area (Å²) in [5.41, 5.74) is 1.79. The first-order valence-electron chi connectivity index (χ1n) is 11.6. The first-order chi connectivity index (χ1) is 16.8. The number of ether oxygens (including phenoxy) is 1. The lowest BCUT2D eigenvalue weighted by molar-refractivity contribution is 0.0608. The van der Waals surface area contributed by atoms with Gasteiger partial charge in [-0.05, 0) is 24.3 Å². The Bertz CT molecular complexity index is 1150. The lowest BCUT2D eigenvalue weighted by Gasteiger charge is -2.34. The van der Waals surface area contributed by atoms with Crippen molar-refractivity contribution in [1.29, 1.82) is 0 Å². The molecule has 1 aliphatic rings. The molecule has 34 heavy (non-hydrogen) atoms. The average molecular weight is 454 g/mol. The molecule has 0 radical (unpaired) electrons. The third-order valence-electron chi connectivity index (χ3n) is 5.91. The molecule has 0 atom stereocenters. The number of carbonyl (C=O) groups excluding carboxylic acids is 1. The molecule has 5 rings (SSSR count). The second-order valence-corrected chi connectivity index (χ2v) is 8.17. The van der Waals surface area contributed by atoms with Crippen LogP contribution >= 0.6 is 0 Å². The molecule has 1 aliphatic heterocycles. The van der Waals surface area contributed by atoms with Crippen LogP contribution in [-0.2, 0) is 0 Å². The average Bonchev–Trinajstić information content (AvgIpc) is 3.36. The normalized spacial score (nSPS) is 14.2. The standard InChI is InChI=1S/C27H27N5O2/c33-27(31-18-16-30(17-19-31)20-21-34-24-14-8-3-9-15-24)25-28-26(22-10-4-1-5-11-22)32(29-25)23-12-6-2-7-13-23/h1-15H,16-21H2. The Morgan fingerprint density at radius 1 is 0.794 bits per heavy atom. The van der Waals surface area contributed by atoms with E-state index < -0.39 is 0 Å². The van der Waals surface area contributed by atoms with Gasteiger partial charge in [-0.25, -0.2) is 9.67 Å². The quantitative estimate of drug-likeness (QED) is 0.426. The fourth-order valence-electron chi connectivity index (χ4n) is 4.05. The topological polar surface area (TPSA) is 63.5 Å². The van der Waals surface area contributed by atoms with Gasteiger partial charge in [-0.2, -0.15) is 0 Å². The maximum absolute atomic E-state index is 13.3. The molecular formula is C27H27N5O2. The molecule has 1 saturated heterocycles. The van der Waals surface area contributed by atoms with E-state index in [9.17, 15) is 4.79 Å². The highest BCUT2D eigenvalue weighted by atomic mass is 16.5. The van der Waals surface area contributed by atoms with E-state index in [2.05, 4.69) is 15.0 Å². The molecule has 1 aromatic heterocycles. The zero-order chi connectivity index (χ0) is 23.2. The van der Waals surface area contributed by atoms with Crippen molar-refractivity contribution in [2.75, 3.05) is 39.3 Å². The van der Waals surface area contributed by atoms with Crippen LogP contribution in [0.2, 0.25) is 0 Å². The zero-order valence-electron chi connectivity index (χ0n) is 19.0. The van der Waals surface area contributed by atoms with Crippen molar-refractivity contribution in [3.05, 3.63) is 96.8 Å². The Balaban J connectivity index is 1.25. The number of hydrogen-bond acceptors (Lipinski definition) is 5. The lowest BCUT2D eigenvalue weighted by atomic mass is 10.2. The van der Waals surface area contributed by atoms with Gasteiger partial charge in [0.15, 0.2) is 5.82 Å². The second-order valence-electron chi connectivity index (χ2n) is 8.17. The highest BCUT2D eigenvalue weighted by Gasteiger charge is 2.26. The van der Waals surface area contributed by atoms with Crippen molar-refractivity contribution in [3.63, 3.8) is 0 Å². The zero-order valence-corrected chi connectivity index (χ0v) is 19.0. The van der Waals surface area contributed by atoms with E-state index in [0.717, 1.165) is 36.6 Å². The molecule has 7 nitrogen and oxygen atoms in total. The number of rotatable bonds is 7. The van der Waals surface area contributed by atoms with Crippen LogP contribution in [0.4, 0.5) is 0 Å². The van der Waals surface area contributed by atoms with Crippen LogP contribution in [0.15, 0.2) is 91.0 Å². The molecule has 0 unspecified atom stereocenters. The summed E-state index contributed by atoms with van der Waals surface area (Å²) in [6, 6.07) is 29.5. The number of aromatic nitrogens is 3. The van der Waals surface area contributed by atoms with Gasteiger partial charge in [0.1, 0.15) is 12.4 Å². The molecule has 172 valence electrons. The number of piperazine rings is 1. The molecule has 2 heterocycles. The van der Waals surface area contributed by atoms with Crippen molar-refractivity contribution < 1.29 is 9.53 Å². The van der Waals surface area contributed by atoms with Gasteiger partial charge in [-0.3, -0.25) is 9.69 Å². The Kier molecular flexibility index (Phi) is 6.63. The van der Waals surface area contributed by atoms with Gasteiger partial charge in [-0.1, -0.05) is 66.7 Å². The Morgan fingerprint density at radius 2 is 1.41 bits per heavy atom. The highest BCUT2D eigenvalue weighted by Crippen LogP contribution is 2.21. The summed E-state index contributed by atoms with van der Waals surface area (Å²) in [4.78, 5) is 22.1. The van der Waals surface area contributed by atoms with E-state index in [4.69, 9.17) is 4.74 Å². The largest absolute Gasteiger partial charge is 0.492 e. The minimum atomic E-state index is -0.132. The second kappa shape index (κ2) is 10.3. The minimum Gasteiger partial charge on any atom is -0.492 e. The third kappa shape index (κ3) is 5.00. The number of hydrogen-bond donors (Lipinski definition) is 0. The molecule has 1 fully saturated rings. The van der Waals surface area contributed by atoms with E-state index >= 15 is 0 Å². The Hall–Kier alpha value is -3.97.